The van der Waals surface area contributed by atoms with Gasteiger partial charge in [0.25, 0.3) is 0 Å². The number of methoxy groups -OCH3 is 1. The topological polar surface area (TPSA) is 95.3 Å². The first-order valence-corrected chi connectivity index (χ1v) is 9.51. The summed E-state index contributed by atoms with van der Waals surface area (Å²) >= 11 is 0. The summed E-state index contributed by atoms with van der Waals surface area (Å²) in [6.45, 7) is 11.8. The van der Waals surface area contributed by atoms with Crippen LogP contribution in [0.5, 0.6) is 0 Å². The van der Waals surface area contributed by atoms with Gasteiger partial charge in [-0.3, -0.25) is 0 Å². The van der Waals surface area contributed by atoms with Crippen LogP contribution in [0, 0.1) is 6.92 Å². The maximum absolute atomic E-state index is 12.0. The minimum atomic E-state index is -0.545. The maximum atomic E-state index is 12.0. The van der Waals surface area contributed by atoms with Crippen LogP contribution in [0.2, 0.25) is 0 Å². The number of benzene rings is 1. The fourth-order valence-electron chi connectivity index (χ4n) is 2.69. The fourth-order valence-corrected chi connectivity index (χ4v) is 2.69. The number of carbonyl (C=O) groups excluding carboxylic acids is 2. The summed E-state index contributed by atoms with van der Waals surface area (Å²) in [7, 11) is 1.35. The standard InChI is InChI=1S/C21H30N4O4/c1-14-22-17(15-9-8-10-16(13-15)18(26)28-7)24-25(14)12-11-21(5,6)23-19(27)29-20(2,3)4/h8-10,13H,11-12H2,1-7H3,(H,23,27). The molecule has 0 aliphatic carbocycles. The van der Waals surface area contributed by atoms with Crippen LogP contribution >= 0.6 is 0 Å². The molecule has 0 unspecified atom stereocenters. The summed E-state index contributed by atoms with van der Waals surface area (Å²) in [4.78, 5) is 28.3. The summed E-state index contributed by atoms with van der Waals surface area (Å²) in [5, 5.41) is 7.45. The van der Waals surface area contributed by atoms with Gasteiger partial charge >= 0.3 is 12.1 Å². The van der Waals surface area contributed by atoms with E-state index < -0.39 is 23.2 Å². The van der Waals surface area contributed by atoms with Crippen LogP contribution in [0.25, 0.3) is 11.4 Å². The molecule has 0 aliphatic rings. The quantitative estimate of drug-likeness (QED) is 0.740. The third-order valence-electron chi connectivity index (χ3n) is 4.19. The number of hydrogen-bond acceptors (Lipinski definition) is 6. The average molecular weight is 402 g/mol. The number of alkyl carbamates (subject to hydrolysis) is 1. The van der Waals surface area contributed by atoms with Crippen LogP contribution < -0.4 is 5.32 Å². The van der Waals surface area contributed by atoms with Gasteiger partial charge in [0.1, 0.15) is 11.4 Å². The average Bonchev–Trinajstić information content (AvgIpc) is 2.98. The Balaban J connectivity index is 2.07. The molecule has 0 saturated heterocycles. The van der Waals surface area contributed by atoms with Crippen molar-refractivity contribution in [1.29, 1.82) is 0 Å². The molecule has 0 fully saturated rings. The Morgan fingerprint density at radius 3 is 2.48 bits per heavy atom. The molecule has 8 nitrogen and oxygen atoms in total. The second-order valence-corrected chi connectivity index (χ2v) is 8.54. The molecule has 8 heteroatoms. The Kier molecular flexibility index (Phi) is 6.66. The molecule has 0 radical (unpaired) electrons. The molecule has 0 saturated carbocycles. The van der Waals surface area contributed by atoms with E-state index in [0.717, 1.165) is 11.4 Å². The molecule has 0 aliphatic heterocycles. The first kappa shape index (κ1) is 22.4. The summed E-state index contributed by atoms with van der Waals surface area (Å²) < 4.78 is 11.9. The molecule has 1 amide bonds. The number of nitrogens with one attached hydrogen (secondary N) is 1. The van der Waals surface area contributed by atoms with Crippen molar-refractivity contribution in [3.63, 3.8) is 0 Å². The summed E-state index contributed by atoms with van der Waals surface area (Å²) in [6.07, 6.45) is 0.191. The lowest BCUT2D eigenvalue weighted by atomic mass is 10.0. The second-order valence-electron chi connectivity index (χ2n) is 8.54. The van der Waals surface area contributed by atoms with Crippen LogP contribution in [0.3, 0.4) is 0 Å². The van der Waals surface area contributed by atoms with Gasteiger partial charge in [-0.05, 0) is 60.1 Å². The van der Waals surface area contributed by atoms with Crippen LogP contribution in [-0.2, 0) is 16.0 Å². The molecule has 1 heterocycles. The van der Waals surface area contributed by atoms with Crippen LogP contribution in [0.1, 0.15) is 57.2 Å². The van der Waals surface area contributed by atoms with Crippen molar-refractivity contribution in [3.05, 3.63) is 35.7 Å². The number of aryl methyl sites for hydroxylation is 2. The summed E-state index contributed by atoms with van der Waals surface area (Å²) in [6, 6.07) is 7.01. The van der Waals surface area contributed by atoms with Crippen molar-refractivity contribution in [3.8, 4) is 11.4 Å². The lowest BCUT2D eigenvalue weighted by molar-refractivity contribution is 0.0464. The SMILES string of the molecule is COC(=O)c1cccc(-c2nc(C)n(CCC(C)(C)NC(=O)OC(C)(C)C)n2)c1. The molecule has 29 heavy (non-hydrogen) atoms. The Morgan fingerprint density at radius 2 is 1.86 bits per heavy atom. The fraction of sp³-hybridized carbons (Fsp3) is 0.524. The van der Waals surface area contributed by atoms with Crippen molar-refractivity contribution < 1.29 is 19.1 Å². The highest BCUT2D eigenvalue weighted by molar-refractivity contribution is 5.90. The second kappa shape index (κ2) is 8.63. The van der Waals surface area contributed by atoms with Crippen molar-refractivity contribution in [2.45, 2.75) is 65.6 Å². The van der Waals surface area contributed by atoms with Crippen molar-refractivity contribution in [2.75, 3.05) is 7.11 Å². The molecular formula is C21H30N4O4. The van der Waals surface area contributed by atoms with Gasteiger partial charge < -0.3 is 14.8 Å². The summed E-state index contributed by atoms with van der Waals surface area (Å²) in [5.74, 6) is 0.876. The lowest BCUT2D eigenvalue weighted by Crippen LogP contribution is -2.46. The molecule has 2 rings (SSSR count). The monoisotopic (exact) mass is 402 g/mol. The summed E-state index contributed by atoms with van der Waals surface area (Å²) in [5.41, 5.74) is 0.157. The number of hydrogen-bond donors (Lipinski definition) is 1. The van der Waals surface area contributed by atoms with E-state index in [4.69, 9.17) is 9.47 Å². The Labute approximate surface area is 171 Å². The largest absolute Gasteiger partial charge is 0.465 e. The zero-order chi connectivity index (χ0) is 21.8. The van der Waals surface area contributed by atoms with E-state index in [2.05, 4.69) is 15.4 Å². The molecule has 0 spiro atoms. The van der Waals surface area contributed by atoms with Crippen molar-refractivity contribution >= 4 is 12.1 Å². The van der Waals surface area contributed by atoms with Gasteiger partial charge in [-0.25, -0.2) is 19.3 Å². The van der Waals surface area contributed by atoms with E-state index >= 15 is 0 Å². The number of amides is 1. The molecule has 1 N–H and O–H groups in total. The molecule has 1 aromatic carbocycles. The predicted molar refractivity (Wildman–Crippen MR) is 110 cm³/mol. The highest BCUT2D eigenvalue weighted by Crippen LogP contribution is 2.19. The first-order valence-electron chi connectivity index (χ1n) is 9.51. The smallest absolute Gasteiger partial charge is 0.408 e. The normalized spacial score (nSPS) is 11.8. The Hall–Kier alpha value is -2.90. The van der Waals surface area contributed by atoms with Gasteiger partial charge in [-0.2, -0.15) is 5.10 Å². The minimum Gasteiger partial charge on any atom is -0.465 e. The zero-order valence-electron chi connectivity index (χ0n) is 18.2. The highest BCUT2D eigenvalue weighted by atomic mass is 16.6. The van der Waals surface area contributed by atoms with E-state index in [1.165, 1.54) is 7.11 Å². The highest BCUT2D eigenvalue weighted by Gasteiger charge is 2.25. The lowest BCUT2D eigenvalue weighted by Gasteiger charge is -2.28. The van der Waals surface area contributed by atoms with E-state index in [9.17, 15) is 9.59 Å². The third kappa shape index (κ3) is 6.58. The number of esters is 1. The number of aromatic nitrogens is 3. The molecule has 0 bridgehead atoms. The van der Waals surface area contributed by atoms with E-state index in [-0.39, 0.29) is 0 Å². The first-order chi connectivity index (χ1) is 13.4. The minimum absolute atomic E-state index is 0.405. The van der Waals surface area contributed by atoms with Gasteiger partial charge in [-0.15, -0.1) is 0 Å². The molecule has 158 valence electrons. The number of carbonyl (C=O) groups is 2. The number of ether oxygens (including phenoxy) is 2. The van der Waals surface area contributed by atoms with Crippen LogP contribution in [0.4, 0.5) is 4.79 Å². The molecule has 2 aromatic rings. The Bertz CT molecular complexity index is 881. The van der Waals surface area contributed by atoms with Crippen molar-refractivity contribution in [2.24, 2.45) is 0 Å². The zero-order valence-corrected chi connectivity index (χ0v) is 18.2. The molecular weight excluding hydrogens is 372 g/mol. The molecule has 1 aromatic heterocycles. The van der Waals surface area contributed by atoms with Gasteiger partial charge in [0.2, 0.25) is 0 Å². The van der Waals surface area contributed by atoms with Gasteiger partial charge in [0, 0.05) is 17.6 Å². The van der Waals surface area contributed by atoms with Crippen LogP contribution in [-0.4, -0.2) is 45.1 Å². The van der Waals surface area contributed by atoms with E-state index in [0.29, 0.717) is 24.4 Å². The predicted octanol–water partition coefficient (Wildman–Crippen LogP) is 3.73. The maximum Gasteiger partial charge on any atom is 0.408 e. The van der Waals surface area contributed by atoms with Gasteiger partial charge in [0.15, 0.2) is 5.82 Å². The third-order valence-corrected chi connectivity index (χ3v) is 4.19. The van der Waals surface area contributed by atoms with Gasteiger partial charge in [-0.1, -0.05) is 12.1 Å². The van der Waals surface area contributed by atoms with Gasteiger partial charge in [0.05, 0.1) is 12.7 Å². The van der Waals surface area contributed by atoms with E-state index in [1.807, 2.05) is 47.6 Å². The Morgan fingerprint density at radius 1 is 1.17 bits per heavy atom. The number of nitrogens with zero attached hydrogens (tertiary/aromatic N) is 3. The number of rotatable bonds is 6. The van der Waals surface area contributed by atoms with Crippen LogP contribution in [0.15, 0.2) is 24.3 Å². The molecule has 0 atom stereocenters. The van der Waals surface area contributed by atoms with E-state index in [1.54, 1.807) is 22.9 Å². The van der Waals surface area contributed by atoms with Crippen molar-refractivity contribution in [1.82, 2.24) is 20.1 Å².